The summed E-state index contributed by atoms with van der Waals surface area (Å²) in [6.45, 7) is 3.80. The third-order valence-corrected chi connectivity index (χ3v) is 4.05. The van der Waals surface area contributed by atoms with Crippen LogP contribution in [0.1, 0.15) is 40.4 Å². The van der Waals surface area contributed by atoms with Crippen LogP contribution in [0.3, 0.4) is 0 Å². The summed E-state index contributed by atoms with van der Waals surface area (Å²) in [5, 5.41) is 15.7. The molecule has 1 atom stereocenters. The van der Waals surface area contributed by atoms with E-state index < -0.39 is 11.9 Å². The number of aromatic nitrogens is 2. The fourth-order valence-electron chi connectivity index (χ4n) is 2.63. The highest BCUT2D eigenvalue weighted by atomic mass is 16.5. The number of carboxylic acid groups (broad SMARTS) is 1. The van der Waals surface area contributed by atoms with Crippen LogP contribution in [-0.2, 0) is 11.2 Å². The van der Waals surface area contributed by atoms with Gasteiger partial charge in [-0.15, -0.1) is 0 Å². The van der Waals surface area contributed by atoms with E-state index in [-0.39, 0.29) is 30.2 Å². The molecule has 0 aliphatic heterocycles. The molecule has 1 amide bonds. The fourth-order valence-corrected chi connectivity index (χ4v) is 2.63. The van der Waals surface area contributed by atoms with Gasteiger partial charge in [-0.1, -0.05) is 42.4 Å². The molecule has 0 bridgehead atoms. The molecule has 0 saturated carbocycles. The van der Waals surface area contributed by atoms with Crippen molar-refractivity contribution in [3.63, 3.8) is 0 Å². The molecule has 1 unspecified atom stereocenters. The number of amides is 1. The highest BCUT2D eigenvalue weighted by Gasteiger charge is 2.22. The van der Waals surface area contributed by atoms with Crippen LogP contribution in [0.25, 0.3) is 11.4 Å². The van der Waals surface area contributed by atoms with Crippen molar-refractivity contribution in [1.82, 2.24) is 15.5 Å². The van der Waals surface area contributed by atoms with Gasteiger partial charge in [-0.3, -0.25) is 9.59 Å². The van der Waals surface area contributed by atoms with Crippen LogP contribution < -0.4 is 5.32 Å². The predicted molar refractivity (Wildman–Crippen MR) is 95.3 cm³/mol. The zero-order valence-electron chi connectivity index (χ0n) is 14.9. The molecular weight excluding hydrogens is 350 g/mol. The molecule has 0 radical (unpaired) electrons. The lowest BCUT2D eigenvalue weighted by molar-refractivity contribution is -0.136. The van der Waals surface area contributed by atoms with Crippen LogP contribution >= 0.6 is 0 Å². The van der Waals surface area contributed by atoms with E-state index in [9.17, 15) is 9.59 Å². The molecule has 8 nitrogen and oxygen atoms in total. The van der Waals surface area contributed by atoms with E-state index in [0.717, 1.165) is 5.56 Å². The summed E-state index contributed by atoms with van der Waals surface area (Å²) in [6.07, 6.45) is 1.02. The Kier molecular flexibility index (Phi) is 5.35. The van der Waals surface area contributed by atoms with Gasteiger partial charge < -0.3 is 19.4 Å². The summed E-state index contributed by atoms with van der Waals surface area (Å²) < 4.78 is 10.5. The minimum Gasteiger partial charge on any atom is -0.481 e. The summed E-state index contributed by atoms with van der Waals surface area (Å²) in [5.41, 5.74) is 1.68. The third kappa shape index (κ3) is 4.22. The van der Waals surface area contributed by atoms with E-state index in [1.807, 2.05) is 37.3 Å². The van der Waals surface area contributed by atoms with E-state index in [0.29, 0.717) is 17.3 Å². The first-order valence-corrected chi connectivity index (χ1v) is 8.41. The van der Waals surface area contributed by atoms with E-state index in [1.54, 1.807) is 6.92 Å². The van der Waals surface area contributed by atoms with Crippen molar-refractivity contribution in [3.8, 4) is 11.4 Å². The van der Waals surface area contributed by atoms with Crippen LogP contribution in [-0.4, -0.2) is 33.7 Å². The third-order valence-electron chi connectivity index (χ3n) is 4.05. The maximum atomic E-state index is 12.5. The Balaban J connectivity index is 1.65. The lowest BCUT2D eigenvalue weighted by Gasteiger charge is -2.09. The SMILES string of the molecule is Cc1coc(CC(=O)O)c1C(=O)NCC(C)c1nc(-c2ccccc2)no1. The number of rotatable bonds is 7. The van der Waals surface area contributed by atoms with Crippen molar-refractivity contribution in [2.45, 2.75) is 26.2 Å². The molecule has 2 N–H and O–H groups in total. The molecule has 0 saturated heterocycles. The maximum Gasteiger partial charge on any atom is 0.311 e. The summed E-state index contributed by atoms with van der Waals surface area (Å²) in [6, 6.07) is 9.44. The van der Waals surface area contributed by atoms with Crippen molar-refractivity contribution in [3.05, 3.63) is 59.4 Å². The number of carbonyl (C=O) groups excluding carboxylic acids is 1. The van der Waals surface area contributed by atoms with Gasteiger partial charge in [0, 0.05) is 17.7 Å². The summed E-state index contributed by atoms with van der Waals surface area (Å²) in [7, 11) is 0. The second kappa shape index (κ2) is 7.86. The summed E-state index contributed by atoms with van der Waals surface area (Å²) >= 11 is 0. The molecule has 8 heteroatoms. The molecule has 0 fully saturated rings. The average Bonchev–Trinajstić information content (AvgIpc) is 3.27. The van der Waals surface area contributed by atoms with Gasteiger partial charge in [0.2, 0.25) is 11.7 Å². The Labute approximate surface area is 155 Å². The van der Waals surface area contributed by atoms with Crippen molar-refractivity contribution in [2.24, 2.45) is 0 Å². The van der Waals surface area contributed by atoms with Gasteiger partial charge in [0.05, 0.1) is 17.7 Å². The molecule has 1 aromatic carbocycles. The van der Waals surface area contributed by atoms with E-state index >= 15 is 0 Å². The van der Waals surface area contributed by atoms with Gasteiger partial charge in [-0.05, 0) is 6.92 Å². The standard InChI is InChI=1S/C19H19N3O5/c1-11(19-21-17(22-27-19)13-6-4-3-5-7-13)9-20-18(25)16-12(2)10-26-14(16)8-15(23)24/h3-7,10-11H,8-9H2,1-2H3,(H,20,25)(H,23,24). The van der Waals surface area contributed by atoms with Crippen molar-refractivity contribution in [1.29, 1.82) is 0 Å². The van der Waals surface area contributed by atoms with Gasteiger partial charge in [-0.25, -0.2) is 0 Å². The minimum absolute atomic E-state index is 0.134. The Hall–Kier alpha value is -3.42. The van der Waals surface area contributed by atoms with Gasteiger partial charge in [-0.2, -0.15) is 4.98 Å². The van der Waals surface area contributed by atoms with Crippen molar-refractivity contribution in [2.75, 3.05) is 6.54 Å². The van der Waals surface area contributed by atoms with Gasteiger partial charge in [0.25, 0.3) is 5.91 Å². The van der Waals surface area contributed by atoms with Crippen LogP contribution in [0.4, 0.5) is 0 Å². The number of nitrogens with one attached hydrogen (secondary N) is 1. The van der Waals surface area contributed by atoms with E-state index in [2.05, 4.69) is 15.5 Å². The monoisotopic (exact) mass is 369 g/mol. The number of hydrogen-bond donors (Lipinski definition) is 2. The number of furan rings is 1. The molecule has 140 valence electrons. The number of carboxylic acids is 1. The highest BCUT2D eigenvalue weighted by molar-refractivity contribution is 5.97. The lowest BCUT2D eigenvalue weighted by Crippen LogP contribution is -2.28. The second-order valence-corrected chi connectivity index (χ2v) is 6.22. The molecule has 0 spiro atoms. The summed E-state index contributed by atoms with van der Waals surface area (Å²) in [5.74, 6) is -0.649. The largest absolute Gasteiger partial charge is 0.481 e. The van der Waals surface area contributed by atoms with Crippen LogP contribution in [0, 0.1) is 6.92 Å². The number of aliphatic carboxylic acids is 1. The molecule has 0 aliphatic rings. The maximum absolute atomic E-state index is 12.5. The number of aryl methyl sites for hydroxylation is 1. The van der Waals surface area contributed by atoms with Gasteiger partial charge in [0.1, 0.15) is 12.2 Å². The smallest absolute Gasteiger partial charge is 0.311 e. The number of carbonyl (C=O) groups is 2. The van der Waals surface area contributed by atoms with Crippen LogP contribution in [0.2, 0.25) is 0 Å². The first-order chi connectivity index (χ1) is 13.0. The quantitative estimate of drug-likeness (QED) is 0.657. The molecular formula is C19H19N3O5. The molecule has 2 heterocycles. The zero-order valence-corrected chi connectivity index (χ0v) is 14.9. The Morgan fingerprint density at radius 2 is 2.00 bits per heavy atom. The number of benzene rings is 1. The van der Waals surface area contributed by atoms with Gasteiger partial charge >= 0.3 is 5.97 Å². The van der Waals surface area contributed by atoms with Crippen LogP contribution in [0.15, 0.2) is 45.5 Å². The highest BCUT2D eigenvalue weighted by Crippen LogP contribution is 2.20. The minimum atomic E-state index is -1.06. The van der Waals surface area contributed by atoms with Crippen molar-refractivity contribution < 1.29 is 23.6 Å². The van der Waals surface area contributed by atoms with Crippen LogP contribution in [0.5, 0.6) is 0 Å². The van der Waals surface area contributed by atoms with Gasteiger partial charge in [0.15, 0.2) is 0 Å². The molecule has 3 rings (SSSR count). The number of hydrogen-bond acceptors (Lipinski definition) is 6. The number of nitrogens with zero attached hydrogens (tertiary/aromatic N) is 2. The average molecular weight is 369 g/mol. The zero-order chi connectivity index (χ0) is 19.4. The summed E-state index contributed by atoms with van der Waals surface area (Å²) in [4.78, 5) is 27.7. The van der Waals surface area contributed by atoms with E-state index in [1.165, 1.54) is 6.26 Å². The molecule has 3 aromatic rings. The predicted octanol–water partition coefficient (Wildman–Crippen LogP) is 2.80. The second-order valence-electron chi connectivity index (χ2n) is 6.22. The molecule has 2 aromatic heterocycles. The Morgan fingerprint density at radius 3 is 2.70 bits per heavy atom. The molecule has 0 aliphatic carbocycles. The first kappa shape index (κ1) is 18.4. The normalized spacial score (nSPS) is 11.9. The van der Waals surface area contributed by atoms with Crippen molar-refractivity contribution >= 4 is 11.9 Å². The lowest BCUT2D eigenvalue weighted by atomic mass is 10.1. The Bertz CT molecular complexity index is 945. The first-order valence-electron chi connectivity index (χ1n) is 8.41. The Morgan fingerprint density at radius 1 is 1.26 bits per heavy atom. The van der Waals surface area contributed by atoms with E-state index in [4.69, 9.17) is 14.0 Å². The topological polar surface area (TPSA) is 118 Å². The fraction of sp³-hybridized carbons (Fsp3) is 0.263. The molecule has 27 heavy (non-hydrogen) atoms.